The average Bonchev–Trinajstić information content (AvgIpc) is 3.35. The third-order valence-electron chi connectivity index (χ3n) is 11.7. The first kappa shape index (κ1) is 48.3. The van der Waals surface area contributed by atoms with Gasteiger partial charge in [0.05, 0.1) is 27.2 Å². The van der Waals surface area contributed by atoms with Crippen LogP contribution in [0.25, 0.3) is 12.2 Å². The van der Waals surface area contributed by atoms with Gasteiger partial charge in [-0.05, 0) is 143 Å². The Balaban J connectivity index is 1.31. The monoisotopic (exact) mass is 935 g/mol. The molecule has 0 fully saturated rings. The maximum Gasteiger partial charge on any atom is 0.287 e. The fourth-order valence-electron chi connectivity index (χ4n) is 8.05. The van der Waals surface area contributed by atoms with Crippen LogP contribution in [0.5, 0.6) is 51.7 Å². The highest BCUT2D eigenvalue weighted by molar-refractivity contribution is 6.06. The van der Waals surface area contributed by atoms with Crippen molar-refractivity contribution in [1.29, 1.82) is 0 Å². The molecule has 0 aromatic heterocycles. The van der Waals surface area contributed by atoms with E-state index in [1.807, 2.05) is 0 Å². The van der Waals surface area contributed by atoms with E-state index in [2.05, 4.69) is 16.0 Å². The number of benzene rings is 6. The van der Waals surface area contributed by atoms with Gasteiger partial charge in [-0.1, -0.05) is 48.5 Å². The predicted octanol–water partition coefficient (Wildman–Crippen LogP) is 6.88. The van der Waals surface area contributed by atoms with E-state index in [0.717, 1.165) is 16.7 Å². The second-order valence-electron chi connectivity index (χ2n) is 16.2. The minimum absolute atomic E-state index is 0.0827. The lowest BCUT2D eigenvalue weighted by molar-refractivity contribution is -0.127. The predicted molar refractivity (Wildman–Crippen MR) is 259 cm³/mol. The third-order valence-corrected chi connectivity index (χ3v) is 11.7. The highest BCUT2D eigenvalue weighted by atomic mass is 16.5. The van der Waals surface area contributed by atoms with Crippen molar-refractivity contribution >= 4 is 29.9 Å². The van der Waals surface area contributed by atoms with Crippen LogP contribution in [0, 0.1) is 5.92 Å². The van der Waals surface area contributed by atoms with Crippen molar-refractivity contribution in [3.63, 3.8) is 0 Å². The van der Waals surface area contributed by atoms with Gasteiger partial charge in [-0.3, -0.25) is 14.4 Å². The molecule has 1 aliphatic rings. The Hall–Kier alpha value is -8.59. The zero-order valence-corrected chi connectivity index (χ0v) is 38.2. The van der Waals surface area contributed by atoms with Crippen molar-refractivity contribution in [2.75, 3.05) is 41.0 Å². The summed E-state index contributed by atoms with van der Waals surface area (Å²) in [5.41, 5.74) is 4.70. The number of fused-ring (bicyclic) bond motifs is 1. The quantitative estimate of drug-likeness (QED) is 0.0307. The summed E-state index contributed by atoms with van der Waals surface area (Å²) in [7, 11) is 4.23. The second-order valence-corrected chi connectivity index (χ2v) is 16.2. The van der Waals surface area contributed by atoms with Crippen LogP contribution in [0.1, 0.15) is 44.9 Å². The molecule has 0 spiro atoms. The number of methoxy groups -OCH3 is 3. The second kappa shape index (κ2) is 22.3. The van der Waals surface area contributed by atoms with Gasteiger partial charge in [0.15, 0.2) is 40.3 Å². The number of phenols is 5. The molecule has 0 radical (unpaired) electrons. The summed E-state index contributed by atoms with van der Waals surface area (Å²) in [6.07, 6.45) is 4.39. The molecule has 1 aliphatic carbocycles. The smallest absolute Gasteiger partial charge is 0.287 e. The van der Waals surface area contributed by atoms with E-state index < -0.39 is 29.6 Å². The molecule has 0 bridgehead atoms. The van der Waals surface area contributed by atoms with E-state index in [0.29, 0.717) is 41.5 Å². The highest BCUT2D eigenvalue weighted by Crippen LogP contribution is 2.48. The Morgan fingerprint density at radius 1 is 0.551 bits per heavy atom. The molecule has 356 valence electrons. The molecule has 3 amide bonds. The molecule has 7 rings (SSSR count). The lowest BCUT2D eigenvalue weighted by atomic mass is 9.70. The van der Waals surface area contributed by atoms with Crippen LogP contribution in [-0.2, 0) is 33.6 Å². The Bertz CT molecular complexity index is 2860. The number of hydrogen-bond donors (Lipinski definition) is 8. The fraction of sp³-hybridized carbons (Fsp3) is 0.204. The molecule has 0 saturated carbocycles. The van der Waals surface area contributed by atoms with Crippen molar-refractivity contribution in [2.45, 2.75) is 25.2 Å². The van der Waals surface area contributed by atoms with E-state index in [-0.39, 0.29) is 82.7 Å². The summed E-state index contributed by atoms with van der Waals surface area (Å²) in [5.74, 6) is -3.23. The van der Waals surface area contributed by atoms with Crippen molar-refractivity contribution in [3.8, 4) is 51.7 Å². The number of amides is 3. The van der Waals surface area contributed by atoms with Crippen molar-refractivity contribution in [1.82, 2.24) is 16.0 Å². The molecule has 8 N–H and O–H groups in total. The van der Waals surface area contributed by atoms with Crippen LogP contribution in [0.15, 0.2) is 133 Å². The Morgan fingerprint density at radius 3 is 1.61 bits per heavy atom. The largest absolute Gasteiger partial charge is 0.508 e. The van der Waals surface area contributed by atoms with Gasteiger partial charge in [0.25, 0.3) is 5.91 Å². The Kier molecular flexibility index (Phi) is 15.6. The van der Waals surface area contributed by atoms with E-state index in [4.69, 9.17) is 18.9 Å². The number of ether oxygens (including phenoxy) is 4. The number of rotatable bonds is 19. The van der Waals surface area contributed by atoms with Gasteiger partial charge in [-0.2, -0.15) is 0 Å². The lowest BCUT2D eigenvalue weighted by Crippen LogP contribution is -2.42. The van der Waals surface area contributed by atoms with Gasteiger partial charge in [-0.25, -0.2) is 0 Å². The van der Waals surface area contributed by atoms with Crippen LogP contribution in [-0.4, -0.2) is 84.2 Å². The molecule has 15 nitrogen and oxygen atoms in total. The maximum atomic E-state index is 14.8. The Morgan fingerprint density at radius 2 is 1.06 bits per heavy atom. The Labute approximate surface area is 398 Å². The van der Waals surface area contributed by atoms with Gasteiger partial charge < -0.3 is 60.4 Å². The van der Waals surface area contributed by atoms with Gasteiger partial charge in [-0.15, -0.1) is 0 Å². The summed E-state index contributed by atoms with van der Waals surface area (Å²) in [6.45, 7) is 0.586. The van der Waals surface area contributed by atoms with Crippen molar-refractivity contribution in [3.05, 3.63) is 172 Å². The lowest BCUT2D eigenvalue weighted by Gasteiger charge is -2.34. The van der Waals surface area contributed by atoms with Crippen LogP contribution in [0.3, 0.4) is 0 Å². The summed E-state index contributed by atoms with van der Waals surface area (Å²) in [6, 6.07) is 32.4. The molecule has 0 heterocycles. The minimum atomic E-state index is -1.18. The number of hydrogen-bond acceptors (Lipinski definition) is 12. The van der Waals surface area contributed by atoms with Crippen LogP contribution in [0.2, 0.25) is 0 Å². The van der Waals surface area contributed by atoms with Gasteiger partial charge >= 0.3 is 0 Å². The molecular formula is C54H53N3O12. The highest BCUT2D eigenvalue weighted by Gasteiger charge is 2.41. The van der Waals surface area contributed by atoms with Crippen molar-refractivity contribution < 1.29 is 58.9 Å². The zero-order chi connectivity index (χ0) is 49.0. The average molecular weight is 936 g/mol. The molecule has 0 saturated heterocycles. The number of aromatic hydroxyl groups is 5. The third kappa shape index (κ3) is 12.1. The van der Waals surface area contributed by atoms with Gasteiger partial charge in [0, 0.05) is 31.1 Å². The van der Waals surface area contributed by atoms with Crippen LogP contribution >= 0.6 is 0 Å². The fourth-order valence-corrected chi connectivity index (χ4v) is 8.05. The van der Waals surface area contributed by atoms with Crippen molar-refractivity contribution in [2.24, 2.45) is 5.92 Å². The van der Waals surface area contributed by atoms with E-state index in [1.165, 1.54) is 45.6 Å². The van der Waals surface area contributed by atoms with E-state index in [9.17, 15) is 39.9 Å². The van der Waals surface area contributed by atoms with E-state index >= 15 is 0 Å². The maximum absolute atomic E-state index is 14.8. The van der Waals surface area contributed by atoms with Crippen LogP contribution < -0.4 is 34.9 Å². The number of carbonyl (C=O) groups is 3. The molecule has 15 heteroatoms. The molecule has 0 unspecified atom stereocenters. The summed E-state index contributed by atoms with van der Waals surface area (Å²) < 4.78 is 23.3. The normalized spacial score (nSPS) is 14.1. The van der Waals surface area contributed by atoms with Crippen LogP contribution in [0.4, 0.5) is 0 Å². The topological polar surface area (TPSA) is 225 Å². The van der Waals surface area contributed by atoms with Gasteiger partial charge in [0.2, 0.25) is 11.8 Å². The number of phenolic OH excluding ortho intramolecular Hbond substituents is 5. The van der Waals surface area contributed by atoms with Gasteiger partial charge in [0.1, 0.15) is 17.2 Å². The first-order chi connectivity index (χ1) is 33.3. The molecular weight excluding hydrogens is 883 g/mol. The SMILES string of the molecule is COc1cc(/C=C(\Oc2cc3c(cc2OC)C=C(C(=O)NCCc2ccc(O)cc2)[C@H](C(=O)NCCc2ccc(O)cc2)[C@H]3c2ccc(O)c(OC)c2)C(=O)NCCc2ccc(O)cc2)ccc1O. The molecule has 6 aromatic rings. The number of nitrogens with one attached hydrogen (secondary N) is 3. The summed E-state index contributed by atoms with van der Waals surface area (Å²) in [4.78, 5) is 43.5. The molecule has 6 aromatic carbocycles. The molecule has 2 atom stereocenters. The molecule has 69 heavy (non-hydrogen) atoms. The summed E-state index contributed by atoms with van der Waals surface area (Å²) >= 11 is 0. The molecule has 0 aliphatic heterocycles. The summed E-state index contributed by atoms with van der Waals surface area (Å²) in [5, 5.41) is 59.4. The standard InChI is InChI=1S/C54H53N3O12/c1-66-45-26-35(10-18-43(45)61)27-49(53(64)56-24-21-33-6-14-39(59)15-7-33)69-48-31-41-37(30-47(48)68-3)28-42(52(63)55-23-20-32-4-12-38(58)13-5-32)51(50(41)36-11-19-44(62)46(29-36)67-2)54(65)57-25-22-34-8-16-40(60)17-9-34/h4-19,26-31,50-51,58-62H,20-25H2,1-3H3,(H,55,63)(H,56,64)(H,57,65)/b49-27-/t50-,51-/m0/s1. The first-order valence-electron chi connectivity index (χ1n) is 22.1. The minimum Gasteiger partial charge on any atom is -0.508 e. The number of carbonyl (C=O) groups excluding carboxylic acids is 3. The zero-order valence-electron chi connectivity index (χ0n) is 38.2. The first-order valence-corrected chi connectivity index (χ1v) is 22.1. The van der Waals surface area contributed by atoms with E-state index in [1.54, 1.807) is 109 Å².